The second-order valence-corrected chi connectivity index (χ2v) is 4.62. The zero-order valence-electron chi connectivity index (χ0n) is 11.4. The molecule has 20 heavy (non-hydrogen) atoms. The van der Waals surface area contributed by atoms with Crippen LogP contribution in [0.3, 0.4) is 0 Å². The molecular weight excluding hydrogens is 254 g/mol. The Morgan fingerprint density at radius 2 is 2.05 bits per heavy atom. The van der Waals surface area contributed by atoms with E-state index in [9.17, 15) is 4.79 Å². The van der Waals surface area contributed by atoms with Crippen LogP contribution in [0.15, 0.2) is 49.1 Å². The van der Waals surface area contributed by atoms with Crippen LogP contribution in [0.1, 0.15) is 12.8 Å². The molecule has 1 aromatic carbocycles. The number of benzene rings is 1. The van der Waals surface area contributed by atoms with Crippen molar-refractivity contribution in [3.8, 4) is 0 Å². The van der Waals surface area contributed by atoms with Crippen molar-refractivity contribution in [1.29, 1.82) is 0 Å². The van der Waals surface area contributed by atoms with Gasteiger partial charge >= 0.3 is 5.97 Å². The molecule has 2 rings (SSSR count). The van der Waals surface area contributed by atoms with Gasteiger partial charge in [-0.3, -0.25) is 4.79 Å². The van der Waals surface area contributed by atoms with E-state index in [0.717, 1.165) is 25.3 Å². The molecule has 1 N–H and O–H groups in total. The lowest BCUT2D eigenvalue weighted by molar-refractivity contribution is -0.137. The molecule has 0 bridgehead atoms. The number of aliphatic carboxylic acids is 1. The van der Waals surface area contributed by atoms with Crippen molar-refractivity contribution in [3.63, 3.8) is 0 Å². The van der Waals surface area contributed by atoms with Gasteiger partial charge in [-0.25, -0.2) is 4.98 Å². The van der Waals surface area contributed by atoms with E-state index in [-0.39, 0.29) is 6.42 Å². The molecule has 106 valence electrons. The molecule has 0 saturated carbocycles. The molecule has 0 atom stereocenters. The topological polar surface area (TPSA) is 58.4 Å². The van der Waals surface area contributed by atoms with E-state index in [1.54, 1.807) is 12.5 Å². The number of anilines is 1. The second-order valence-electron chi connectivity index (χ2n) is 4.62. The molecule has 0 aliphatic rings. The first-order valence-electron chi connectivity index (χ1n) is 6.73. The van der Waals surface area contributed by atoms with Crippen molar-refractivity contribution in [3.05, 3.63) is 49.1 Å². The van der Waals surface area contributed by atoms with E-state index in [0.29, 0.717) is 6.42 Å². The first-order chi connectivity index (χ1) is 9.75. The van der Waals surface area contributed by atoms with E-state index in [1.807, 2.05) is 29.0 Å². The van der Waals surface area contributed by atoms with Gasteiger partial charge in [-0.05, 0) is 18.6 Å². The van der Waals surface area contributed by atoms with Gasteiger partial charge in [0.1, 0.15) is 0 Å². The largest absolute Gasteiger partial charge is 0.481 e. The second kappa shape index (κ2) is 7.33. The fourth-order valence-corrected chi connectivity index (χ4v) is 2.09. The molecule has 0 radical (unpaired) electrons. The number of nitrogens with zero attached hydrogens (tertiary/aromatic N) is 3. The van der Waals surface area contributed by atoms with Gasteiger partial charge in [-0.15, -0.1) is 0 Å². The van der Waals surface area contributed by atoms with Gasteiger partial charge in [-0.2, -0.15) is 0 Å². The summed E-state index contributed by atoms with van der Waals surface area (Å²) in [4.78, 5) is 16.9. The van der Waals surface area contributed by atoms with E-state index >= 15 is 0 Å². The average Bonchev–Trinajstić information content (AvgIpc) is 2.96. The fourth-order valence-electron chi connectivity index (χ4n) is 2.09. The highest BCUT2D eigenvalue weighted by Gasteiger charge is 2.07. The summed E-state index contributed by atoms with van der Waals surface area (Å²) in [5, 5.41) is 8.75. The van der Waals surface area contributed by atoms with Gasteiger partial charge in [0.25, 0.3) is 0 Å². The normalized spacial score (nSPS) is 10.4. The van der Waals surface area contributed by atoms with Gasteiger partial charge in [0.15, 0.2) is 0 Å². The van der Waals surface area contributed by atoms with Crippen molar-refractivity contribution in [2.75, 3.05) is 18.0 Å². The first-order valence-corrected chi connectivity index (χ1v) is 6.73. The van der Waals surface area contributed by atoms with Crippen LogP contribution in [0, 0.1) is 0 Å². The summed E-state index contributed by atoms with van der Waals surface area (Å²) in [6.45, 7) is 2.41. The van der Waals surface area contributed by atoms with Crippen molar-refractivity contribution in [2.45, 2.75) is 19.4 Å². The lowest BCUT2D eigenvalue weighted by Crippen LogP contribution is -2.28. The van der Waals surface area contributed by atoms with Gasteiger partial charge in [0, 0.05) is 44.1 Å². The van der Waals surface area contributed by atoms with Crippen molar-refractivity contribution >= 4 is 11.7 Å². The molecule has 5 nitrogen and oxygen atoms in total. The Morgan fingerprint density at radius 1 is 1.25 bits per heavy atom. The van der Waals surface area contributed by atoms with E-state index in [2.05, 4.69) is 22.0 Å². The minimum Gasteiger partial charge on any atom is -0.481 e. The third kappa shape index (κ3) is 4.42. The third-order valence-corrected chi connectivity index (χ3v) is 3.13. The van der Waals surface area contributed by atoms with Crippen molar-refractivity contribution in [1.82, 2.24) is 9.55 Å². The van der Waals surface area contributed by atoms with Crippen LogP contribution in [0.5, 0.6) is 0 Å². The lowest BCUT2D eigenvalue weighted by atomic mass is 10.2. The summed E-state index contributed by atoms with van der Waals surface area (Å²) in [5.74, 6) is -0.743. The quantitative estimate of drug-likeness (QED) is 0.801. The molecule has 1 heterocycles. The summed E-state index contributed by atoms with van der Waals surface area (Å²) in [6.07, 6.45) is 6.33. The van der Waals surface area contributed by atoms with Crippen LogP contribution >= 0.6 is 0 Å². The Hall–Kier alpha value is -2.30. The maximum Gasteiger partial charge on any atom is 0.303 e. The van der Waals surface area contributed by atoms with Gasteiger partial charge in [0.2, 0.25) is 0 Å². The Kier molecular flexibility index (Phi) is 5.17. The summed E-state index contributed by atoms with van der Waals surface area (Å²) < 4.78 is 2.02. The van der Waals surface area contributed by atoms with Crippen molar-refractivity contribution < 1.29 is 9.90 Å². The Morgan fingerprint density at radius 3 is 2.70 bits per heavy atom. The zero-order valence-corrected chi connectivity index (χ0v) is 11.4. The number of imidazole rings is 1. The summed E-state index contributed by atoms with van der Waals surface area (Å²) in [6, 6.07) is 10.1. The number of rotatable bonds is 8. The zero-order chi connectivity index (χ0) is 14.2. The standard InChI is InChI=1S/C15H19N3O2/c19-15(20)7-4-9-18(14-5-2-1-3-6-14)12-11-17-10-8-16-13-17/h1-3,5-6,8,10,13H,4,7,9,11-12H2,(H,19,20). The lowest BCUT2D eigenvalue weighted by Gasteiger charge is -2.24. The maximum atomic E-state index is 10.6. The van der Waals surface area contributed by atoms with Gasteiger partial charge < -0.3 is 14.6 Å². The number of carbonyl (C=O) groups is 1. The Bertz CT molecular complexity index is 511. The summed E-state index contributed by atoms with van der Waals surface area (Å²) in [7, 11) is 0. The van der Waals surface area contributed by atoms with Gasteiger partial charge in [-0.1, -0.05) is 18.2 Å². The summed E-state index contributed by atoms with van der Waals surface area (Å²) >= 11 is 0. The third-order valence-electron chi connectivity index (χ3n) is 3.13. The van der Waals surface area contributed by atoms with Crippen LogP contribution in [0.2, 0.25) is 0 Å². The molecule has 0 amide bonds. The SMILES string of the molecule is O=C(O)CCCN(CCn1ccnc1)c1ccccc1. The minimum atomic E-state index is -0.743. The fraction of sp³-hybridized carbons (Fsp3) is 0.333. The Balaban J connectivity index is 1.94. The van der Waals surface area contributed by atoms with Crippen molar-refractivity contribution in [2.24, 2.45) is 0 Å². The molecule has 0 unspecified atom stereocenters. The highest BCUT2D eigenvalue weighted by atomic mass is 16.4. The van der Waals surface area contributed by atoms with Gasteiger partial charge in [0.05, 0.1) is 6.33 Å². The van der Waals surface area contributed by atoms with Crippen LogP contribution < -0.4 is 4.90 Å². The van der Waals surface area contributed by atoms with Crippen LogP contribution in [-0.2, 0) is 11.3 Å². The molecule has 0 saturated heterocycles. The smallest absolute Gasteiger partial charge is 0.303 e. The monoisotopic (exact) mass is 273 g/mol. The van der Waals surface area contributed by atoms with Crippen LogP contribution in [0.4, 0.5) is 5.69 Å². The number of hydrogen-bond acceptors (Lipinski definition) is 3. The van der Waals surface area contributed by atoms with E-state index in [1.165, 1.54) is 0 Å². The van der Waals surface area contributed by atoms with Crippen LogP contribution in [0.25, 0.3) is 0 Å². The highest BCUT2D eigenvalue weighted by Crippen LogP contribution is 2.14. The molecule has 0 aliphatic carbocycles. The number of carboxylic acid groups (broad SMARTS) is 1. The molecule has 0 spiro atoms. The first kappa shape index (κ1) is 14.1. The molecule has 2 aromatic rings. The van der Waals surface area contributed by atoms with E-state index < -0.39 is 5.97 Å². The molecular formula is C15H19N3O2. The number of carboxylic acids is 1. The van der Waals surface area contributed by atoms with E-state index in [4.69, 9.17) is 5.11 Å². The number of hydrogen-bond donors (Lipinski definition) is 1. The Labute approximate surface area is 118 Å². The molecule has 0 aliphatic heterocycles. The highest BCUT2D eigenvalue weighted by molar-refractivity contribution is 5.66. The molecule has 1 aromatic heterocycles. The summed E-state index contributed by atoms with van der Waals surface area (Å²) in [5.41, 5.74) is 1.12. The maximum absolute atomic E-state index is 10.6. The predicted octanol–water partition coefficient (Wildman–Crippen LogP) is 2.25. The number of aromatic nitrogens is 2. The minimum absolute atomic E-state index is 0.203. The molecule has 0 fully saturated rings. The molecule has 5 heteroatoms. The number of para-hydroxylation sites is 1. The van der Waals surface area contributed by atoms with Crippen LogP contribution in [-0.4, -0.2) is 33.7 Å². The predicted molar refractivity (Wildman–Crippen MR) is 77.8 cm³/mol. The average molecular weight is 273 g/mol.